The second-order valence-corrected chi connectivity index (χ2v) is 44.7. The van der Waals surface area contributed by atoms with E-state index in [9.17, 15) is 5.11 Å². The fourth-order valence-corrected chi connectivity index (χ4v) is 29.8. The summed E-state index contributed by atoms with van der Waals surface area (Å²) < 4.78 is 7.70. The monoisotopic (exact) mass is 554 g/mol. The van der Waals surface area contributed by atoms with Crippen LogP contribution in [0, 0.1) is 0 Å². The number of aliphatic hydroxyl groups is 1. The Morgan fingerprint density at radius 1 is 0.967 bits per heavy atom. The summed E-state index contributed by atoms with van der Waals surface area (Å²) in [6.45, 7) is 7.58. The van der Waals surface area contributed by atoms with E-state index in [4.69, 9.17) is 0 Å². The molecule has 6 heteroatoms. The Hall–Kier alpha value is -0.223. The third-order valence-electron chi connectivity index (χ3n) is 7.15. The molecule has 0 amide bonds. The fraction of sp³-hybridized carbons (Fsp3) is 0.333. The standard InChI is InChI=1S/C13H9.C9H15OSi.2CH3.2ClH.H2Si.Zr/c1-3-7-12-10(5-1)9-11-6-2-4-8-13(11)12;1-11(2,8-7-10)9-5-3-4-6-9;;;;;;/h1-9H;3,5,10H,4,7-8H2,1-2H3;2*1H3;2*1H;1H2;. The molecular formula is C24H34Cl2OSi2Zr. The van der Waals surface area contributed by atoms with Gasteiger partial charge in [0, 0.05) is 0 Å². The third-order valence-corrected chi connectivity index (χ3v) is 28.2. The van der Waals surface area contributed by atoms with Gasteiger partial charge in [0.1, 0.15) is 0 Å². The van der Waals surface area contributed by atoms with Crippen molar-refractivity contribution in [1.82, 2.24) is 0 Å². The van der Waals surface area contributed by atoms with Gasteiger partial charge in [-0.05, 0) is 0 Å². The van der Waals surface area contributed by atoms with Crippen LogP contribution < -0.4 is 0 Å². The van der Waals surface area contributed by atoms with Crippen molar-refractivity contribution < 1.29 is 22.5 Å². The average Bonchev–Trinajstić information content (AvgIpc) is 3.26. The summed E-state index contributed by atoms with van der Waals surface area (Å²) in [6.07, 6.45) is 5.95. The zero-order valence-electron chi connectivity index (χ0n) is 18.4. The minimum atomic E-state index is -3.36. The van der Waals surface area contributed by atoms with E-state index in [1.165, 1.54) is 11.1 Å². The summed E-state index contributed by atoms with van der Waals surface area (Å²) >= 11 is -3.36. The van der Waals surface area contributed by atoms with Crippen molar-refractivity contribution >= 4 is 39.8 Å². The Balaban J connectivity index is 0.00000160. The van der Waals surface area contributed by atoms with Gasteiger partial charge in [0.05, 0.1) is 0 Å². The number of allylic oxidation sites excluding steroid dienone is 4. The zero-order valence-corrected chi connectivity index (χ0v) is 24.9. The van der Waals surface area contributed by atoms with Gasteiger partial charge in [-0.25, -0.2) is 0 Å². The number of halogens is 2. The molecule has 162 valence electrons. The summed E-state index contributed by atoms with van der Waals surface area (Å²) in [4.78, 5) is 0. The van der Waals surface area contributed by atoms with Gasteiger partial charge < -0.3 is 0 Å². The van der Waals surface area contributed by atoms with Gasteiger partial charge in [-0.1, -0.05) is 0 Å². The third kappa shape index (κ3) is 4.09. The molecule has 0 aliphatic heterocycles. The molecular weight excluding hydrogens is 523 g/mol. The summed E-state index contributed by atoms with van der Waals surface area (Å²) in [5.74, 6) is 0. The number of benzene rings is 2. The van der Waals surface area contributed by atoms with Crippen LogP contribution in [0.5, 0.6) is 0 Å². The maximum atomic E-state index is 9.69. The Kier molecular flexibility index (Phi) is 7.78. The Morgan fingerprint density at radius 3 is 1.97 bits per heavy atom. The van der Waals surface area contributed by atoms with Gasteiger partial charge in [-0.15, -0.1) is 24.8 Å². The van der Waals surface area contributed by atoms with E-state index in [0.29, 0.717) is 10.2 Å². The molecule has 2 aromatic rings. The van der Waals surface area contributed by atoms with Gasteiger partial charge in [0.2, 0.25) is 0 Å². The average molecular weight is 557 g/mol. The summed E-state index contributed by atoms with van der Waals surface area (Å²) in [6, 6.07) is 19.2. The predicted molar refractivity (Wildman–Crippen MR) is 139 cm³/mol. The second-order valence-electron chi connectivity index (χ2n) is 10.3. The summed E-state index contributed by atoms with van der Waals surface area (Å²) in [5, 5.41) is 11.3. The Labute approximate surface area is 197 Å². The largest absolute Gasteiger partial charge is 0.147 e. The van der Waals surface area contributed by atoms with Crippen molar-refractivity contribution in [2.75, 3.05) is 6.61 Å². The van der Waals surface area contributed by atoms with Crippen molar-refractivity contribution in [3.8, 4) is 11.1 Å². The first-order valence-corrected chi connectivity index (χ1v) is 27.1. The minimum absolute atomic E-state index is 0. The molecule has 0 bridgehead atoms. The molecule has 0 radical (unpaired) electrons. The smallest absolute Gasteiger partial charge is 0.147 e. The Bertz CT molecular complexity index is 1040. The molecule has 0 atom stereocenters. The molecule has 2 aliphatic carbocycles. The SMILES string of the molecule is C[Si](C)(CCO)C1=[C]([Zr]([CH3])([CH3])(=[SiH2])[CH]2c3ccccc3-c3ccccc32)CC=C1.Cl.Cl. The van der Waals surface area contributed by atoms with Crippen LogP contribution in [0.3, 0.4) is 0 Å². The first kappa shape index (κ1) is 26.0. The van der Waals surface area contributed by atoms with Crippen LogP contribution in [-0.2, 0) is 17.4 Å². The van der Waals surface area contributed by atoms with Crippen LogP contribution in [0.1, 0.15) is 21.2 Å². The molecule has 4 rings (SSSR count). The topological polar surface area (TPSA) is 20.2 Å². The van der Waals surface area contributed by atoms with Crippen LogP contribution >= 0.6 is 24.8 Å². The second kappa shape index (κ2) is 8.96. The summed E-state index contributed by atoms with van der Waals surface area (Å²) in [7, 11) is -1.62. The van der Waals surface area contributed by atoms with Crippen molar-refractivity contribution in [2.24, 2.45) is 0 Å². The number of rotatable bonds is 5. The number of fused-ring (bicyclic) bond motifs is 3. The number of aliphatic hydroxyl groups excluding tert-OH is 1. The first-order chi connectivity index (χ1) is 13.2. The quantitative estimate of drug-likeness (QED) is 0.423. The molecule has 0 spiro atoms. The molecule has 1 N–H and O–H groups in total. The van der Waals surface area contributed by atoms with Crippen molar-refractivity contribution in [2.45, 2.75) is 38.4 Å². The van der Waals surface area contributed by atoms with E-state index in [2.05, 4.69) is 89.9 Å². The van der Waals surface area contributed by atoms with Crippen molar-refractivity contribution in [1.29, 1.82) is 0 Å². The Morgan fingerprint density at radius 2 is 1.47 bits per heavy atom. The maximum absolute atomic E-state index is 9.69. The molecule has 1 nitrogen and oxygen atoms in total. The molecule has 2 aliphatic rings. The van der Waals surface area contributed by atoms with Crippen LogP contribution in [0.2, 0.25) is 28.4 Å². The number of hydrogen-bond acceptors (Lipinski definition) is 1. The van der Waals surface area contributed by atoms with Crippen molar-refractivity contribution in [3.63, 3.8) is 0 Å². The fourth-order valence-electron chi connectivity index (χ4n) is 5.66. The molecule has 0 saturated heterocycles. The van der Waals surface area contributed by atoms with E-state index in [1.54, 1.807) is 19.6 Å². The van der Waals surface area contributed by atoms with Gasteiger partial charge in [-0.3, -0.25) is 0 Å². The summed E-state index contributed by atoms with van der Waals surface area (Å²) in [5.41, 5.74) is 5.99. The molecule has 0 aromatic heterocycles. The number of hydrogen-bond donors (Lipinski definition) is 1. The molecule has 0 fully saturated rings. The van der Waals surface area contributed by atoms with Crippen molar-refractivity contribution in [3.05, 3.63) is 80.3 Å². The van der Waals surface area contributed by atoms with Gasteiger partial charge >= 0.3 is 174 Å². The zero-order chi connectivity index (χ0) is 20.2. The van der Waals surface area contributed by atoms with E-state index >= 15 is 0 Å². The maximum Gasteiger partial charge on any atom is -0.147 e. The van der Waals surface area contributed by atoms with Gasteiger partial charge in [0.25, 0.3) is 0 Å². The van der Waals surface area contributed by atoms with Crippen LogP contribution in [0.25, 0.3) is 11.1 Å². The molecule has 0 unspecified atom stereocenters. The molecule has 0 heterocycles. The molecule has 0 saturated carbocycles. The van der Waals surface area contributed by atoms with E-state index in [0.717, 1.165) is 12.5 Å². The van der Waals surface area contributed by atoms with Crippen LogP contribution in [-0.4, -0.2) is 26.7 Å². The van der Waals surface area contributed by atoms with Crippen LogP contribution in [0.4, 0.5) is 0 Å². The first-order valence-electron chi connectivity index (χ1n) is 10.4. The normalized spacial score (nSPS) is 16.1. The van der Waals surface area contributed by atoms with Crippen LogP contribution in [0.15, 0.2) is 69.2 Å². The van der Waals surface area contributed by atoms with Gasteiger partial charge in [0.15, 0.2) is 0 Å². The minimum Gasteiger partial charge on any atom is -0.147 e. The van der Waals surface area contributed by atoms with E-state index < -0.39 is 25.5 Å². The molecule has 2 aromatic carbocycles. The van der Waals surface area contributed by atoms with Gasteiger partial charge in [-0.2, -0.15) is 0 Å². The predicted octanol–water partition coefficient (Wildman–Crippen LogP) is 6.39. The van der Waals surface area contributed by atoms with E-state index in [1.807, 2.05) is 0 Å². The molecule has 30 heavy (non-hydrogen) atoms. The van der Waals surface area contributed by atoms with E-state index in [-0.39, 0.29) is 24.8 Å².